The van der Waals surface area contributed by atoms with Crippen molar-refractivity contribution in [3.8, 4) is 5.75 Å². The third-order valence-electron chi connectivity index (χ3n) is 5.27. The molecule has 1 unspecified atom stereocenters. The molecule has 0 bridgehead atoms. The summed E-state index contributed by atoms with van der Waals surface area (Å²) >= 11 is 3.37. The number of rotatable bonds is 4. The number of benzene rings is 3. The van der Waals surface area contributed by atoms with Gasteiger partial charge < -0.3 is 9.84 Å². The van der Waals surface area contributed by atoms with Crippen molar-refractivity contribution < 1.29 is 19.4 Å². The highest BCUT2D eigenvalue weighted by atomic mass is 79.9. The molecule has 3 aromatic rings. The van der Waals surface area contributed by atoms with E-state index >= 15 is 0 Å². The Balaban J connectivity index is 1.93. The molecule has 1 saturated heterocycles. The van der Waals surface area contributed by atoms with Crippen LogP contribution in [0, 0.1) is 6.92 Å². The van der Waals surface area contributed by atoms with Crippen LogP contribution in [0.1, 0.15) is 22.7 Å². The van der Waals surface area contributed by atoms with Gasteiger partial charge in [0.05, 0.1) is 18.7 Å². The van der Waals surface area contributed by atoms with Crippen LogP contribution in [0.25, 0.3) is 5.76 Å². The molecule has 5 nitrogen and oxygen atoms in total. The summed E-state index contributed by atoms with van der Waals surface area (Å²) in [5, 5.41) is 11.1. The molecule has 0 aliphatic carbocycles. The third-order valence-corrected chi connectivity index (χ3v) is 5.80. The lowest BCUT2D eigenvalue weighted by Gasteiger charge is -2.26. The number of aliphatic hydroxyl groups excluding tert-OH is 1. The second-order valence-corrected chi connectivity index (χ2v) is 8.20. The molecule has 1 heterocycles. The Hall–Kier alpha value is -3.38. The van der Waals surface area contributed by atoms with E-state index in [1.54, 1.807) is 61.7 Å². The van der Waals surface area contributed by atoms with Crippen molar-refractivity contribution in [2.45, 2.75) is 13.0 Å². The molecule has 4 rings (SSSR count). The van der Waals surface area contributed by atoms with Crippen molar-refractivity contribution in [1.29, 1.82) is 0 Å². The summed E-state index contributed by atoms with van der Waals surface area (Å²) in [7, 11) is 1.57. The van der Waals surface area contributed by atoms with Crippen LogP contribution in [0.15, 0.2) is 82.8 Å². The van der Waals surface area contributed by atoms with Crippen molar-refractivity contribution >= 4 is 39.1 Å². The van der Waals surface area contributed by atoms with Gasteiger partial charge in [0.1, 0.15) is 11.5 Å². The zero-order valence-electron chi connectivity index (χ0n) is 17.0. The number of Topliss-reactive ketones (excluding diaryl/α,β-unsaturated/α-hetero) is 1. The average molecular weight is 478 g/mol. The number of nitrogens with zero attached hydrogens (tertiary/aromatic N) is 1. The predicted molar refractivity (Wildman–Crippen MR) is 123 cm³/mol. The zero-order chi connectivity index (χ0) is 22.1. The van der Waals surface area contributed by atoms with Gasteiger partial charge in [-0.05, 0) is 54.4 Å². The molecule has 1 atom stereocenters. The Labute approximate surface area is 188 Å². The van der Waals surface area contributed by atoms with E-state index in [1.165, 1.54) is 4.90 Å². The van der Waals surface area contributed by atoms with Crippen molar-refractivity contribution in [2.24, 2.45) is 0 Å². The first-order valence-electron chi connectivity index (χ1n) is 9.68. The molecule has 1 aliphatic heterocycles. The van der Waals surface area contributed by atoms with Crippen molar-refractivity contribution in [3.63, 3.8) is 0 Å². The van der Waals surface area contributed by atoms with Gasteiger partial charge in [0.25, 0.3) is 11.7 Å². The number of aliphatic hydroxyl groups is 1. The molecule has 31 heavy (non-hydrogen) atoms. The Bertz CT molecular complexity index is 1180. The van der Waals surface area contributed by atoms with E-state index in [0.717, 1.165) is 10.0 Å². The Kier molecular flexibility index (Phi) is 5.65. The zero-order valence-corrected chi connectivity index (χ0v) is 18.6. The van der Waals surface area contributed by atoms with Crippen LogP contribution in [-0.4, -0.2) is 23.9 Å². The van der Waals surface area contributed by atoms with Gasteiger partial charge in [-0.25, -0.2) is 0 Å². The molecule has 1 N–H and O–H groups in total. The van der Waals surface area contributed by atoms with Gasteiger partial charge in [-0.3, -0.25) is 14.5 Å². The van der Waals surface area contributed by atoms with Gasteiger partial charge >= 0.3 is 0 Å². The molecule has 1 fully saturated rings. The number of aryl methyl sites for hydroxylation is 1. The van der Waals surface area contributed by atoms with E-state index in [9.17, 15) is 14.7 Å². The SMILES string of the molecule is COc1ccc(C2/C(=C(\O)c3ccc(Br)cc3)C(=O)C(=O)N2c2cccc(C)c2)cc1. The van der Waals surface area contributed by atoms with Gasteiger partial charge in [-0.15, -0.1) is 0 Å². The number of anilines is 1. The number of carbonyl (C=O) groups is 2. The van der Waals surface area contributed by atoms with Crippen molar-refractivity contribution in [1.82, 2.24) is 0 Å². The van der Waals surface area contributed by atoms with Crippen molar-refractivity contribution in [2.75, 3.05) is 12.0 Å². The molecule has 0 aromatic heterocycles. The minimum atomic E-state index is -0.767. The van der Waals surface area contributed by atoms with E-state index in [0.29, 0.717) is 22.6 Å². The molecular weight excluding hydrogens is 458 g/mol. The maximum absolute atomic E-state index is 13.1. The number of ether oxygens (including phenoxy) is 1. The monoisotopic (exact) mass is 477 g/mol. The van der Waals surface area contributed by atoms with E-state index < -0.39 is 17.7 Å². The van der Waals surface area contributed by atoms with Gasteiger partial charge in [-0.1, -0.05) is 52.3 Å². The van der Waals surface area contributed by atoms with Crippen LogP contribution >= 0.6 is 15.9 Å². The molecule has 3 aromatic carbocycles. The van der Waals surface area contributed by atoms with E-state index in [2.05, 4.69) is 15.9 Å². The molecule has 1 amide bonds. The summed E-state index contributed by atoms with van der Waals surface area (Å²) in [4.78, 5) is 27.7. The number of amides is 1. The Morgan fingerprint density at radius 2 is 1.68 bits per heavy atom. The Morgan fingerprint density at radius 1 is 1.00 bits per heavy atom. The van der Waals surface area contributed by atoms with Crippen LogP contribution in [0.3, 0.4) is 0 Å². The molecule has 1 aliphatic rings. The normalized spacial score (nSPS) is 17.8. The largest absolute Gasteiger partial charge is 0.507 e. The molecule has 156 valence electrons. The second kappa shape index (κ2) is 8.40. The quantitative estimate of drug-likeness (QED) is 0.310. The minimum Gasteiger partial charge on any atom is -0.507 e. The Morgan fingerprint density at radius 3 is 2.29 bits per heavy atom. The fourth-order valence-corrected chi connectivity index (χ4v) is 4.01. The van der Waals surface area contributed by atoms with Crippen molar-refractivity contribution in [3.05, 3.63) is 99.5 Å². The first-order valence-corrected chi connectivity index (χ1v) is 10.5. The van der Waals surface area contributed by atoms with E-state index in [4.69, 9.17) is 4.74 Å². The topological polar surface area (TPSA) is 66.8 Å². The smallest absolute Gasteiger partial charge is 0.300 e. The maximum Gasteiger partial charge on any atom is 0.300 e. The second-order valence-electron chi connectivity index (χ2n) is 7.29. The maximum atomic E-state index is 13.1. The lowest BCUT2D eigenvalue weighted by molar-refractivity contribution is -0.132. The summed E-state index contributed by atoms with van der Waals surface area (Å²) in [6.07, 6.45) is 0. The van der Waals surface area contributed by atoms with Gasteiger partial charge in [0, 0.05) is 15.7 Å². The number of halogens is 1. The number of ketones is 1. The summed E-state index contributed by atoms with van der Waals surface area (Å²) < 4.78 is 6.09. The first-order chi connectivity index (χ1) is 14.9. The lowest BCUT2D eigenvalue weighted by atomic mass is 9.95. The molecule has 6 heteroatoms. The van der Waals surface area contributed by atoms with Gasteiger partial charge in [-0.2, -0.15) is 0 Å². The minimum absolute atomic E-state index is 0.0546. The van der Waals surface area contributed by atoms with Gasteiger partial charge in [0.15, 0.2) is 0 Å². The summed E-state index contributed by atoms with van der Waals surface area (Å²) in [6.45, 7) is 1.92. The fraction of sp³-hybridized carbons (Fsp3) is 0.120. The fourth-order valence-electron chi connectivity index (χ4n) is 3.74. The van der Waals surface area contributed by atoms with Crippen LogP contribution < -0.4 is 9.64 Å². The van der Waals surface area contributed by atoms with Crippen LogP contribution in [0.2, 0.25) is 0 Å². The summed E-state index contributed by atoms with van der Waals surface area (Å²) in [5.41, 5.74) is 2.77. The number of hydrogen-bond acceptors (Lipinski definition) is 4. The number of carbonyl (C=O) groups excluding carboxylic acids is 2. The highest BCUT2D eigenvalue weighted by Crippen LogP contribution is 2.42. The van der Waals surface area contributed by atoms with Crippen LogP contribution in [0.5, 0.6) is 5.75 Å². The highest BCUT2D eigenvalue weighted by molar-refractivity contribution is 9.10. The first kappa shape index (κ1) is 20.9. The number of methoxy groups -OCH3 is 1. The van der Waals surface area contributed by atoms with Gasteiger partial charge in [0.2, 0.25) is 0 Å². The van der Waals surface area contributed by atoms with Crippen LogP contribution in [0.4, 0.5) is 5.69 Å². The molecule has 0 radical (unpaired) electrons. The third kappa shape index (κ3) is 3.86. The highest BCUT2D eigenvalue weighted by Gasteiger charge is 2.46. The molecule has 0 spiro atoms. The average Bonchev–Trinajstić information content (AvgIpc) is 3.04. The predicted octanol–water partition coefficient (Wildman–Crippen LogP) is 5.39. The summed E-state index contributed by atoms with van der Waals surface area (Å²) in [6, 6.07) is 20.7. The molecular formula is C25H20BrNO4. The molecule has 0 saturated carbocycles. The lowest BCUT2D eigenvalue weighted by Crippen LogP contribution is -2.29. The summed E-state index contributed by atoms with van der Waals surface area (Å²) in [5.74, 6) is -0.946. The number of hydrogen-bond donors (Lipinski definition) is 1. The standard InChI is InChI=1S/C25H20BrNO4/c1-15-4-3-5-19(14-15)27-22(16-8-12-20(31-2)13-9-16)21(24(29)25(27)30)23(28)17-6-10-18(26)11-7-17/h3-14,22,28H,1-2H3/b23-21+. The van der Waals surface area contributed by atoms with E-state index in [1.807, 2.05) is 25.1 Å². The van der Waals surface area contributed by atoms with E-state index in [-0.39, 0.29) is 11.3 Å². The van der Waals surface area contributed by atoms with Crippen LogP contribution in [-0.2, 0) is 9.59 Å².